The first-order chi connectivity index (χ1) is 8.67. The smallest absolute Gasteiger partial charge is 0.245 e. The van der Waals surface area contributed by atoms with Crippen LogP contribution in [0, 0.1) is 11.6 Å². The second-order valence-corrected chi connectivity index (χ2v) is 6.42. The Morgan fingerprint density at radius 3 is 2.26 bits per heavy atom. The highest BCUT2D eigenvalue weighted by atomic mass is 32.2. The van der Waals surface area contributed by atoms with Crippen molar-refractivity contribution >= 4 is 15.7 Å². The highest BCUT2D eigenvalue weighted by Gasteiger charge is 2.26. The standard InChI is InChI=1S/C11H17F2N3O2S/c1-15(2)6-7-16(3)19(17,18)9-5-4-8(12)11(14)10(9)13/h4-5H,6-7,14H2,1-3H3. The molecule has 0 saturated carbocycles. The molecule has 1 aromatic rings. The minimum Gasteiger partial charge on any atom is -0.394 e. The van der Waals surface area contributed by atoms with Gasteiger partial charge in [0.15, 0.2) is 5.82 Å². The van der Waals surface area contributed by atoms with Gasteiger partial charge in [0, 0.05) is 20.1 Å². The fourth-order valence-electron chi connectivity index (χ4n) is 1.38. The van der Waals surface area contributed by atoms with E-state index in [9.17, 15) is 17.2 Å². The molecule has 0 radical (unpaired) electrons. The molecule has 0 unspecified atom stereocenters. The van der Waals surface area contributed by atoms with Crippen LogP contribution in [0.25, 0.3) is 0 Å². The van der Waals surface area contributed by atoms with Crippen molar-refractivity contribution in [3.05, 3.63) is 23.8 Å². The normalized spacial score (nSPS) is 12.4. The number of anilines is 1. The molecule has 0 amide bonds. The van der Waals surface area contributed by atoms with E-state index in [4.69, 9.17) is 5.73 Å². The summed E-state index contributed by atoms with van der Waals surface area (Å²) in [6.45, 7) is 0.667. The van der Waals surface area contributed by atoms with E-state index in [0.717, 1.165) is 16.4 Å². The van der Waals surface area contributed by atoms with Gasteiger partial charge in [0.25, 0.3) is 0 Å². The molecule has 0 spiro atoms. The van der Waals surface area contributed by atoms with Crippen LogP contribution in [0.1, 0.15) is 0 Å². The van der Waals surface area contributed by atoms with Crippen molar-refractivity contribution in [2.75, 3.05) is 40.0 Å². The second kappa shape index (κ2) is 5.81. The zero-order valence-electron chi connectivity index (χ0n) is 11.0. The third-order valence-electron chi connectivity index (χ3n) is 2.64. The van der Waals surface area contributed by atoms with Crippen LogP contribution < -0.4 is 5.73 Å². The largest absolute Gasteiger partial charge is 0.394 e. The Kier molecular flexibility index (Phi) is 4.83. The first-order valence-electron chi connectivity index (χ1n) is 5.52. The molecule has 1 rings (SSSR count). The summed E-state index contributed by atoms with van der Waals surface area (Å²) in [5.41, 5.74) is 4.37. The first-order valence-corrected chi connectivity index (χ1v) is 6.96. The molecule has 8 heteroatoms. The van der Waals surface area contributed by atoms with Gasteiger partial charge < -0.3 is 10.6 Å². The molecule has 0 aliphatic carbocycles. The average molecular weight is 293 g/mol. The summed E-state index contributed by atoms with van der Waals surface area (Å²) in [5.74, 6) is -2.23. The van der Waals surface area contributed by atoms with E-state index in [2.05, 4.69) is 0 Å². The first kappa shape index (κ1) is 15.8. The Hall–Kier alpha value is -1.25. The Morgan fingerprint density at radius 1 is 1.16 bits per heavy atom. The number of nitrogens with zero attached hydrogens (tertiary/aromatic N) is 2. The van der Waals surface area contributed by atoms with Gasteiger partial charge in [0.05, 0.1) is 0 Å². The number of halogens is 2. The number of rotatable bonds is 5. The summed E-state index contributed by atoms with van der Waals surface area (Å²) in [7, 11) is 0.889. The lowest BCUT2D eigenvalue weighted by Gasteiger charge is -2.20. The highest BCUT2D eigenvalue weighted by molar-refractivity contribution is 7.89. The van der Waals surface area contributed by atoms with Gasteiger partial charge >= 0.3 is 0 Å². The lowest BCUT2D eigenvalue weighted by Crippen LogP contribution is -2.34. The molecular formula is C11H17F2N3O2S. The third kappa shape index (κ3) is 3.40. The maximum Gasteiger partial charge on any atom is 0.245 e. The Balaban J connectivity index is 3.10. The lowest BCUT2D eigenvalue weighted by atomic mass is 10.3. The number of sulfonamides is 1. The van der Waals surface area contributed by atoms with E-state index in [0.29, 0.717) is 6.54 Å². The van der Waals surface area contributed by atoms with E-state index in [-0.39, 0.29) is 6.54 Å². The summed E-state index contributed by atoms with van der Waals surface area (Å²) in [6, 6.07) is 1.72. The summed E-state index contributed by atoms with van der Waals surface area (Å²) < 4.78 is 52.0. The van der Waals surface area contributed by atoms with Crippen molar-refractivity contribution in [1.29, 1.82) is 0 Å². The molecule has 0 atom stereocenters. The quantitative estimate of drug-likeness (QED) is 0.813. The van der Waals surface area contributed by atoms with E-state index >= 15 is 0 Å². The van der Waals surface area contributed by atoms with Crippen molar-refractivity contribution < 1.29 is 17.2 Å². The van der Waals surface area contributed by atoms with Crippen LogP contribution in [0.5, 0.6) is 0 Å². The molecule has 5 nitrogen and oxygen atoms in total. The molecule has 0 aliphatic heterocycles. The molecule has 0 bridgehead atoms. The monoisotopic (exact) mass is 293 g/mol. The van der Waals surface area contributed by atoms with Crippen LogP contribution in [0.4, 0.5) is 14.5 Å². The van der Waals surface area contributed by atoms with Gasteiger partial charge in [-0.3, -0.25) is 0 Å². The molecule has 0 heterocycles. The second-order valence-electron chi connectivity index (χ2n) is 4.40. The van der Waals surface area contributed by atoms with Crippen LogP contribution >= 0.6 is 0 Å². The number of nitrogens with two attached hydrogens (primary N) is 1. The summed E-state index contributed by atoms with van der Waals surface area (Å²) in [6.07, 6.45) is 0. The van der Waals surface area contributed by atoms with Gasteiger partial charge in [0.2, 0.25) is 10.0 Å². The predicted molar refractivity (Wildman–Crippen MR) is 69.1 cm³/mol. The molecule has 2 N–H and O–H groups in total. The van der Waals surface area contributed by atoms with E-state index < -0.39 is 32.2 Å². The Morgan fingerprint density at radius 2 is 1.74 bits per heavy atom. The SMILES string of the molecule is CN(C)CCN(C)S(=O)(=O)c1ccc(F)c(N)c1F. The van der Waals surface area contributed by atoms with E-state index in [1.54, 1.807) is 19.0 Å². The zero-order chi connectivity index (χ0) is 14.8. The fraction of sp³-hybridized carbons (Fsp3) is 0.455. The molecular weight excluding hydrogens is 276 g/mol. The Bertz CT molecular complexity index is 561. The number of likely N-dealkylation sites (N-methyl/N-ethyl adjacent to an activating group) is 2. The topological polar surface area (TPSA) is 66.6 Å². The minimum atomic E-state index is -4.02. The molecule has 1 aromatic carbocycles. The van der Waals surface area contributed by atoms with Crippen LogP contribution in [-0.2, 0) is 10.0 Å². The number of hydrogen-bond donors (Lipinski definition) is 1. The van der Waals surface area contributed by atoms with Gasteiger partial charge in [-0.1, -0.05) is 0 Å². The molecule has 0 aliphatic rings. The fourth-order valence-corrected chi connectivity index (χ4v) is 2.61. The van der Waals surface area contributed by atoms with Gasteiger partial charge in [0.1, 0.15) is 16.4 Å². The molecule has 0 aromatic heterocycles. The zero-order valence-corrected chi connectivity index (χ0v) is 11.8. The molecule has 0 saturated heterocycles. The summed E-state index contributed by atoms with van der Waals surface area (Å²) >= 11 is 0. The third-order valence-corrected chi connectivity index (χ3v) is 4.52. The van der Waals surface area contributed by atoms with Crippen LogP contribution in [-0.4, -0.2) is 51.9 Å². The van der Waals surface area contributed by atoms with Gasteiger partial charge in [-0.25, -0.2) is 17.2 Å². The number of nitrogen functional groups attached to an aromatic ring is 1. The lowest BCUT2D eigenvalue weighted by molar-refractivity contribution is 0.357. The van der Waals surface area contributed by atoms with Crippen molar-refractivity contribution in [1.82, 2.24) is 9.21 Å². The van der Waals surface area contributed by atoms with Crippen molar-refractivity contribution in [3.63, 3.8) is 0 Å². The van der Waals surface area contributed by atoms with Crippen LogP contribution in [0.15, 0.2) is 17.0 Å². The summed E-state index contributed by atoms with van der Waals surface area (Å²) in [4.78, 5) is 1.18. The van der Waals surface area contributed by atoms with Gasteiger partial charge in [-0.05, 0) is 26.2 Å². The number of benzene rings is 1. The van der Waals surface area contributed by atoms with Crippen LogP contribution in [0.3, 0.4) is 0 Å². The minimum absolute atomic E-state index is 0.187. The van der Waals surface area contributed by atoms with E-state index in [1.807, 2.05) is 0 Å². The molecule has 19 heavy (non-hydrogen) atoms. The van der Waals surface area contributed by atoms with Crippen molar-refractivity contribution in [2.24, 2.45) is 0 Å². The van der Waals surface area contributed by atoms with Crippen molar-refractivity contribution in [2.45, 2.75) is 4.90 Å². The van der Waals surface area contributed by atoms with Gasteiger partial charge in [-0.15, -0.1) is 0 Å². The Labute approximate surface area is 111 Å². The van der Waals surface area contributed by atoms with E-state index in [1.165, 1.54) is 7.05 Å². The summed E-state index contributed by atoms with van der Waals surface area (Å²) in [5, 5.41) is 0. The maximum absolute atomic E-state index is 13.7. The maximum atomic E-state index is 13.7. The average Bonchev–Trinajstić information content (AvgIpc) is 2.32. The molecule has 0 fully saturated rings. The van der Waals surface area contributed by atoms with Crippen LogP contribution in [0.2, 0.25) is 0 Å². The van der Waals surface area contributed by atoms with Gasteiger partial charge in [-0.2, -0.15) is 4.31 Å². The van der Waals surface area contributed by atoms with Crippen molar-refractivity contribution in [3.8, 4) is 0 Å². The number of hydrogen-bond acceptors (Lipinski definition) is 4. The highest BCUT2D eigenvalue weighted by Crippen LogP contribution is 2.24. The molecule has 108 valence electrons. The predicted octanol–water partition coefficient (Wildman–Crippen LogP) is 0.729.